The lowest BCUT2D eigenvalue weighted by molar-refractivity contribution is -0.118. The first-order valence-electron chi connectivity index (χ1n) is 9.12. The van der Waals surface area contributed by atoms with Gasteiger partial charge in [0.2, 0.25) is 0 Å². The zero-order valence-electron chi connectivity index (χ0n) is 15.9. The maximum atomic E-state index is 12.2. The molecule has 2 N–H and O–H groups in total. The lowest BCUT2D eigenvalue weighted by atomic mass is 10.1. The summed E-state index contributed by atoms with van der Waals surface area (Å²) in [5.41, 5.74) is 3.26. The summed E-state index contributed by atoms with van der Waals surface area (Å²) in [6.45, 7) is 2.33. The molecule has 0 bridgehead atoms. The van der Waals surface area contributed by atoms with Gasteiger partial charge in [-0.15, -0.1) is 0 Å². The lowest BCUT2D eigenvalue weighted by Gasteiger charge is -2.10. The molecule has 0 radical (unpaired) electrons. The molecule has 29 heavy (non-hydrogen) atoms. The van der Waals surface area contributed by atoms with E-state index in [9.17, 15) is 9.59 Å². The summed E-state index contributed by atoms with van der Waals surface area (Å²) in [5.74, 6) is 0.161. The first kappa shape index (κ1) is 20.6. The van der Waals surface area contributed by atoms with Crippen LogP contribution in [0.4, 0.5) is 5.69 Å². The molecule has 0 saturated heterocycles. The van der Waals surface area contributed by atoms with Crippen molar-refractivity contribution in [1.29, 1.82) is 0 Å². The first-order chi connectivity index (χ1) is 14.0. The maximum absolute atomic E-state index is 12.2. The van der Waals surface area contributed by atoms with Crippen molar-refractivity contribution < 1.29 is 14.3 Å². The highest BCUT2D eigenvalue weighted by Gasteiger charge is 2.08. The van der Waals surface area contributed by atoms with Crippen LogP contribution in [0.3, 0.4) is 0 Å². The van der Waals surface area contributed by atoms with E-state index in [0.29, 0.717) is 23.5 Å². The van der Waals surface area contributed by atoms with Crippen molar-refractivity contribution in [3.63, 3.8) is 0 Å². The molecule has 2 amide bonds. The van der Waals surface area contributed by atoms with Crippen LogP contribution >= 0.6 is 15.9 Å². The molecule has 0 fully saturated rings. The number of hydrogen-bond acceptors (Lipinski definition) is 3. The van der Waals surface area contributed by atoms with E-state index >= 15 is 0 Å². The Morgan fingerprint density at radius 2 is 1.69 bits per heavy atom. The maximum Gasteiger partial charge on any atom is 0.262 e. The van der Waals surface area contributed by atoms with Gasteiger partial charge in [-0.2, -0.15) is 0 Å². The van der Waals surface area contributed by atoms with Crippen molar-refractivity contribution in [2.45, 2.75) is 13.5 Å². The molecule has 0 aliphatic heterocycles. The van der Waals surface area contributed by atoms with E-state index in [1.165, 1.54) is 0 Å². The van der Waals surface area contributed by atoms with Crippen LogP contribution in [0.1, 0.15) is 21.5 Å². The number of carbonyl (C=O) groups excluding carboxylic acids is 2. The summed E-state index contributed by atoms with van der Waals surface area (Å²) in [5, 5.41) is 5.63. The van der Waals surface area contributed by atoms with Crippen LogP contribution in [0.5, 0.6) is 5.75 Å². The van der Waals surface area contributed by atoms with Gasteiger partial charge in [0, 0.05) is 17.8 Å². The lowest BCUT2D eigenvalue weighted by Crippen LogP contribution is -2.23. The normalized spacial score (nSPS) is 10.3. The van der Waals surface area contributed by atoms with Crippen LogP contribution in [-0.4, -0.2) is 18.4 Å². The van der Waals surface area contributed by atoms with Gasteiger partial charge in [0.25, 0.3) is 11.8 Å². The van der Waals surface area contributed by atoms with Gasteiger partial charge in [0.05, 0.1) is 4.47 Å². The molecule has 0 aliphatic rings. The Kier molecular flexibility index (Phi) is 7.03. The number of ether oxygens (including phenoxy) is 1. The Hall–Kier alpha value is -3.12. The third-order valence-corrected chi connectivity index (χ3v) is 4.79. The number of carbonyl (C=O) groups is 2. The highest BCUT2D eigenvalue weighted by atomic mass is 79.9. The van der Waals surface area contributed by atoms with E-state index in [0.717, 1.165) is 15.6 Å². The highest BCUT2D eigenvalue weighted by molar-refractivity contribution is 9.10. The number of amides is 2. The molecule has 0 saturated carbocycles. The van der Waals surface area contributed by atoms with Gasteiger partial charge >= 0.3 is 0 Å². The minimum atomic E-state index is -0.279. The van der Waals surface area contributed by atoms with E-state index < -0.39 is 0 Å². The van der Waals surface area contributed by atoms with E-state index in [2.05, 4.69) is 26.6 Å². The molecule has 3 aromatic rings. The molecule has 148 valence electrons. The van der Waals surface area contributed by atoms with Gasteiger partial charge in [0.15, 0.2) is 6.61 Å². The van der Waals surface area contributed by atoms with Crippen molar-refractivity contribution in [3.8, 4) is 5.75 Å². The summed E-state index contributed by atoms with van der Waals surface area (Å²) < 4.78 is 6.34. The van der Waals surface area contributed by atoms with Gasteiger partial charge in [0.1, 0.15) is 5.75 Å². The van der Waals surface area contributed by atoms with E-state index in [1.807, 2.05) is 55.5 Å². The molecule has 3 rings (SSSR count). The zero-order valence-corrected chi connectivity index (χ0v) is 17.5. The minimum Gasteiger partial charge on any atom is -0.483 e. The average molecular weight is 453 g/mol. The Labute approximate surface area is 178 Å². The van der Waals surface area contributed by atoms with Crippen molar-refractivity contribution in [3.05, 3.63) is 94.0 Å². The number of benzene rings is 3. The topological polar surface area (TPSA) is 67.4 Å². The van der Waals surface area contributed by atoms with Crippen LogP contribution in [-0.2, 0) is 11.3 Å². The predicted molar refractivity (Wildman–Crippen MR) is 117 cm³/mol. The molecule has 3 aromatic carbocycles. The molecular weight excluding hydrogens is 432 g/mol. The van der Waals surface area contributed by atoms with Crippen LogP contribution in [0.2, 0.25) is 0 Å². The van der Waals surface area contributed by atoms with Crippen molar-refractivity contribution in [2.24, 2.45) is 0 Å². The van der Waals surface area contributed by atoms with Crippen LogP contribution in [0.25, 0.3) is 0 Å². The summed E-state index contributed by atoms with van der Waals surface area (Å²) >= 11 is 3.42. The molecule has 5 nitrogen and oxygen atoms in total. The van der Waals surface area contributed by atoms with Crippen LogP contribution in [0, 0.1) is 6.92 Å². The predicted octanol–water partition coefficient (Wildman–Crippen LogP) is 4.71. The number of aryl methyl sites for hydroxylation is 1. The second-order valence-electron chi connectivity index (χ2n) is 6.52. The SMILES string of the molecule is Cc1ccc(OCC(=O)Nc2ccc(C(=O)NCc3ccccc3)cc2)c(Br)c1. The summed E-state index contributed by atoms with van der Waals surface area (Å²) in [4.78, 5) is 24.4. The van der Waals surface area contributed by atoms with E-state index in [1.54, 1.807) is 24.3 Å². The summed E-state index contributed by atoms with van der Waals surface area (Å²) in [7, 11) is 0. The largest absolute Gasteiger partial charge is 0.483 e. The van der Waals surface area contributed by atoms with E-state index in [-0.39, 0.29) is 18.4 Å². The number of halogens is 1. The zero-order chi connectivity index (χ0) is 20.6. The number of hydrogen-bond donors (Lipinski definition) is 2. The van der Waals surface area contributed by atoms with Crippen LogP contribution < -0.4 is 15.4 Å². The first-order valence-corrected chi connectivity index (χ1v) is 9.91. The van der Waals surface area contributed by atoms with Crippen molar-refractivity contribution in [2.75, 3.05) is 11.9 Å². The molecule has 0 aliphatic carbocycles. The minimum absolute atomic E-state index is 0.110. The van der Waals surface area contributed by atoms with Gasteiger partial charge < -0.3 is 15.4 Å². The quantitative estimate of drug-likeness (QED) is 0.545. The standard InChI is InChI=1S/C23H21BrN2O3/c1-16-7-12-21(20(24)13-16)29-15-22(27)26-19-10-8-18(9-11-19)23(28)25-14-17-5-3-2-4-6-17/h2-13H,14-15H2,1H3,(H,25,28)(H,26,27). The Morgan fingerprint density at radius 3 is 2.38 bits per heavy atom. The Balaban J connectivity index is 1.49. The molecular formula is C23H21BrN2O3. The molecule has 0 spiro atoms. The number of nitrogens with one attached hydrogen (secondary N) is 2. The fourth-order valence-electron chi connectivity index (χ4n) is 2.65. The van der Waals surface area contributed by atoms with E-state index in [4.69, 9.17) is 4.74 Å². The van der Waals surface area contributed by atoms with Gasteiger partial charge in [-0.05, 0) is 70.4 Å². The smallest absolute Gasteiger partial charge is 0.262 e. The molecule has 0 atom stereocenters. The highest BCUT2D eigenvalue weighted by Crippen LogP contribution is 2.25. The third kappa shape index (κ3) is 6.19. The van der Waals surface area contributed by atoms with Gasteiger partial charge in [-0.1, -0.05) is 36.4 Å². The fraction of sp³-hybridized carbons (Fsp3) is 0.130. The third-order valence-electron chi connectivity index (χ3n) is 4.17. The Morgan fingerprint density at radius 1 is 0.966 bits per heavy atom. The summed E-state index contributed by atoms with van der Waals surface area (Å²) in [6, 6.07) is 22.1. The second kappa shape index (κ2) is 9.89. The second-order valence-corrected chi connectivity index (χ2v) is 7.37. The Bertz CT molecular complexity index is 989. The van der Waals surface area contributed by atoms with Crippen LogP contribution in [0.15, 0.2) is 77.3 Å². The fourth-order valence-corrected chi connectivity index (χ4v) is 3.26. The average Bonchev–Trinajstić information content (AvgIpc) is 2.72. The molecule has 0 aromatic heterocycles. The van der Waals surface area contributed by atoms with Crippen molar-refractivity contribution >= 4 is 33.4 Å². The molecule has 0 unspecified atom stereocenters. The number of anilines is 1. The van der Waals surface area contributed by atoms with Crippen molar-refractivity contribution in [1.82, 2.24) is 5.32 Å². The molecule has 0 heterocycles. The monoisotopic (exact) mass is 452 g/mol. The summed E-state index contributed by atoms with van der Waals surface area (Å²) in [6.07, 6.45) is 0. The van der Waals surface area contributed by atoms with Gasteiger partial charge in [-0.3, -0.25) is 9.59 Å². The van der Waals surface area contributed by atoms with Gasteiger partial charge in [-0.25, -0.2) is 0 Å². The number of rotatable bonds is 7. The molecule has 6 heteroatoms.